The summed E-state index contributed by atoms with van der Waals surface area (Å²) in [6.07, 6.45) is -3.58. The number of alkyl halides is 3. The van der Waals surface area contributed by atoms with Crippen LogP contribution >= 0.6 is 15.9 Å². The molecule has 37 heavy (non-hydrogen) atoms. The lowest BCUT2D eigenvalue weighted by Crippen LogP contribution is -2.13. The van der Waals surface area contributed by atoms with Gasteiger partial charge in [-0.1, -0.05) is 0 Å². The van der Waals surface area contributed by atoms with Gasteiger partial charge < -0.3 is 14.8 Å². The molecule has 1 amide bonds. The molecule has 0 saturated carbocycles. The summed E-state index contributed by atoms with van der Waals surface area (Å²) in [5.41, 5.74) is -1.92. The fraction of sp³-hybridized carbons (Fsp3) is 0.0833. The molecule has 0 saturated heterocycles. The first-order valence-electron chi connectivity index (χ1n) is 10.0. The molecule has 1 N–H and O–H groups in total. The van der Waals surface area contributed by atoms with Crippen molar-refractivity contribution in [2.45, 2.75) is 6.18 Å². The van der Waals surface area contributed by atoms with Gasteiger partial charge >= 0.3 is 11.9 Å². The number of nitro groups is 1. The van der Waals surface area contributed by atoms with E-state index in [1.165, 1.54) is 37.5 Å². The summed E-state index contributed by atoms with van der Waals surface area (Å²) in [7, 11) is 1.25. The van der Waals surface area contributed by atoms with Crippen molar-refractivity contribution in [3.05, 3.63) is 91.7 Å². The number of amides is 1. The van der Waals surface area contributed by atoms with Crippen LogP contribution in [0, 0.1) is 27.3 Å². The molecule has 0 aliphatic carbocycles. The van der Waals surface area contributed by atoms with Crippen LogP contribution in [-0.4, -0.2) is 17.9 Å². The summed E-state index contributed by atoms with van der Waals surface area (Å²) in [5.74, 6) is -1.86. The molecule has 0 aliphatic rings. The molecule has 0 atom stereocenters. The highest BCUT2D eigenvalue weighted by molar-refractivity contribution is 9.10. The molecule has 3 rings (SSSR count). The number of ether oxygens (including phenoxy) is 2. The van der Waals surface area contributed by atoms with Crippen molar-refractivity contribution in [2.75, 3.05) is 12.4 Å². The monoisotopic (exact) mass is 579 g/mol. The molecule has 190 valence electrons. The van der Waals surface area contributed by atoms with E-state index in [9.17, 15) is 37.7 Å². The van der Waals surface area contributed by atoms with E-state index in [0.29, 0.717) is 12.1 Å². The van der Waals surface area contributed by atoms with Gasteiger partial charge in [0.2, 0.25) is 5.75 Å². The van der Waals surface area contributed by atoms with Gasteiger partial charge in [0.25, 0.3) is 5.91 Å². The molecule has 0 heterocycles. The number of nitrogens with zero attached hydrogens (tertiary/aromatic N) is 2. The van der Waals surface area contributed by atoms with Gasteiger partial charge in [-0.05, 0) is 76.1 Å². The van der Waals surface area contributed by atoms with E-state index < -0.39 is 39.8 Å². The number of halogens is 5. The van der Waals surface area contributed by atoms with E-state index in [4.69, 9.17) is 9.47 Å². The Balaban J connectivity index is 1.94. The third-order valence-electron chi connectivity index (χ3n) is 4.72. The molecule has 8 nitrogen and oxygen atoms in total. The normalized spacial score (nSPS) is 11.4. The number of rotatable bonds is 7. The topological polar surface area (TPSA) is 114 Å². The first-order chi connectivity index (χ1) is 17.4. The molecular formula is C24H14BrF4N3O5. The third kappa shape index (κ3) is 6.62. The van der Waals surface area contributed by atoms with Crippen LogP contribution < -0.4 is 14.8 Å². The molecule has 13 heteroatoms. The molecule has 0 aromatic heterocycles. The van der Waals surface area contributed by atoms with Crippen molar-refractivity contribution in [1.29, 1.82) is 5.26 Å². The number of nitrogens with one attached hydrogen (secondary N) is 1. The summed E-state index contributed by atoms with van der Waals surface area (Å²) in [6.45, 7) is 0. The molecule has 0 aliphatic heterocycles. The van der Waals surface area contributed by atoms with Crippen molar-refractivity contribution < 1.29 is 36.8 Å². The summed E-state index contributed by atoms with van der Waals surface area (Å²) >= 11 is 3.21. The summed E-state index contributed by atoms with van der Waals surface area (Å²) in [4.78, 5) is 22.8. The predicted molar refractivity (Wildman–Crippen MR) is 127 cm³/mol. The second kappa shape index (κ2) is 11.1. The third-order valence-corrected chi connectivity index (χ3v) is 5.31. The molecule has 0 unspecified atom stereocenters. The molecule has 3 aromatic rings. The van der Waals surface area contributed by atoms with E-state index in [0.717, 1.165) is 18.2 Å². The number of methoxy groups -OCH3 is 1. The van der Waals surface area contributed by atoms with Gasteiger partial charge in [-0.15, -0.1) is 0 Å². The second-order valence-electron chi connectivity index (χ2n) is 7.20. The zero-order chi connectivity index (χ0) is 27.3. The van der Waals surface area contributed by atoms with Gasteiger partial charge in [0.1, 0.15) is 17.5 Å². The Labute approximate surface area is 215 Å². The van der Waals surface area contributed by atoms with Crippen LogP contribution in [0.2, 0.25) is 0 Å². The minimum Gasteiger partial charge on any atom is -0.493 e. The quantitative estimate of drug-likeness (QED) is 0.107. The Morgan fingerprint density at radius 1 is 1.14 bits per heavy atom. The molecule has 0 spiro atoms. The fourth-order valence-electron chi connectivity index (χ4n) is 3.00. The SMILES string of the molecule is COc1cc(/C=C(\C#N)C(=O)Nc2ccc(F)cc2)cc(Br)c1Oc1ccc(C(F)(F)F)cc1[N+](=O)[O-]. The summed E-state index contributed by atoms with van der Waals surface area (Å²) in [5, 5.41) is 23.3. The maximum atomic E-state index is 13.1. The van der Waals surface area contributed by atoms with Gasteiger partial charge in [-0.3, -0.25) is 14.9 Å². The molecular weight excluding hydrogens is 566 g/mol. The number of benzene rings is 3. The number of carbonyl (C=O) groups is 1. The van der Waals surface area contributed by atoms with Crippen LogP contribution in [0.3, 0.4) is 0 Å². The van der Waals surface area contributed by atoms with Crippen LogP contribution in [0.5, 0.6) is 17.2 Å². The van der Waals surface area contributed by atoms with Gasteiger partial charge in [0, 0.05) is 11.8 Å². The zero-order valence-corrected chi connectivity index (χ0v) is 20.2. The first-order valence-corrected chi connectivity index (χ1v) is 10.8. The smallest absolute Gasteiger partial charge is 0.416 e. The predicted octanol–water partition coefficient (Wildman–Crippen LogP) is 6.86. The van der Waals surface area contributed by atoms with Crippen LogP contribution in [0.25, 0.3) is 6.08 Å². The molecule has 0 fully saturated rings. The first kappa shape index (κ1) is 27.2. The number of nitro benzene ring substituents is 1. The highest BCUT2D eigenvalue weighted by Crippen LogP contribution is 2.44. The Hall–Kier alpha value is -4.44. The van der Waals surface area contributed by atoms with Crippen molar-refractivity contribution in [3.63, 3.8) is 0 Å². The van der Waals surface area contributed by atoms with Gasteiger partial charge in [0.15, 0.2) is 11.5 Å². The second-order valence-corrected chi connectivity index (χ2v) is 8.06. The lowest BCUT2D eigenvalue weighted by molar-refractivity contribution is -0.385. The average Bonchev–Trinajstić information content (AvgIpc) is 2.84. The van der Waals surface area contributed by atoms with Crippen LogP contribution in [0.15, 0.2) is 64.6 Å². The lowest BCUT2D eigenvalue weighted by atomic mass is 10.1. The van der Waals surface area contributed by atoms with Gasteiger partial charge in [0.05, 0.1) is 22.1 Å². The maximum Gasteiger partial charge on any atom is 0.416 e. The Morgan fingerprint density at radius 3 is 2.38 bits per heavy atom. The molecule has 3 aromatic carbocycles. The largest absolute Gasteiger partial charge is 0.493 e. The van der Waals surface area contributed by atoms with Gasteiger partial charge in [-0.25, -0.2) is 4.39 Å². The summed E-state index contributed by atoms with van der Waals surface area (Å²) in [6, 6.07) is 11.2. The fourth-order valence-corrected chi connectivity index (χ4v) is 3.54. The van der Waals surface area contributed by atoms with Crippen molar-refractivity contribution in [1.82, 2.24) is 0 Å². The Bertz CT molecular complexity index is 1430. The minimum atomic E-state index is -4.79. The standard InChI is InChI=1S/C24H14BrF4N3O5/c1-36-21-10-13(8-14(12-30)23(33)31-17-5-3-16(26)4-6-17)9-18(25)22(21)37-20-7-2-15(24(27,28)29)11-19(20)32(34)35/h2-11H,1H3,(H,31,33)/b14-8+. The van der Waals surface area contributed by atoms with Crippen molar-refractivity contribution in [3.8, 4) is 23.3 Å². The maximum absolute atomic E-state index is 13.1. The zero-order valence-electron chi connectivity index (χ0n) is 18.6. The van der Waals surface area contributed by atoms with E-state index >= 15 is 0 Å². The molecule has 0 bridgehead atoms. The van der Waals surface area contributed by atoms with E-state index in [2.05, 4.69) is 21.2 Å². The van der Waals surface area contributed by atoms with E-state index in [-0.39, 0.29) is 32.8 Å². The Kier molecular flexibility index (Phi) is 8.14. The van der Waals surface area contributed by atoms with E-state index in [1.807, 2.05) is 0 Å². The van der Waals surface area contributed by atoms with E-state index in [1.54, 1.807) is 6.07 Å². The minimum absolute atomic E-state index is 0.00828. The Morgan fingerprint density at radius 2 is 1.81 bits per heavy atom. The van der Waals surface area contributed by atoms with Crippen molar-refractivity contribution >= 4 is 39.3 Å². The van der Waals surface area contributed by atoms with Crippen molar-refractivity contribution in [2.24, 2.45) is 0 Å². The number of hydrogen-bond donors (Lipinski definition) is 1. The number of carbonyl (C=O) groups excluding carboxylic acids is 1. The van der Waals surface area contributed by atoms with Crippen LogP contribution in [0.1, 0.15) is 11.1 Å². The summed E-state index contributed by atoms with van der Waals surface area (Å²) < 4.78 is 62.9. The molecule has 0 radical (unpaired) electrons. The van der Waals surface area contributed by atoms with Crippen LogP contribution in [-0.2, 0) is 11.0 Å². The highest BCUT2D eigenvalue weighted by Gasteiger charge is 2.33. The number of anilines is 1. The highest BCUT2D eigenvalue weighted by atomic mass is 79.9. The number of nitriles is 1. The van der Waals surface area contributed by atoms with Gasteiger partial charge in [-0.2, -0.15) is 18.4 Å². The lowest BCUT2D eigenvalue weighted by Gasteiger charge is -2.14. The number of hydrogen-bond acceptors (Lipinski definition) is 6. The van der Waals surface area contributed by atoms with Crippen LogP contribution in [0.4, 0.5) is 28.9 Å². The average molecular weight is 580 g/mol.